The van der Waals surface area contributed by atoms with E-state index < -0.39 is 0 Å². The van der Waals surface area contributed by atoms with Gasteiger partial charge in [-0.3, -0.25) is 5.43 Å². The smallest absolute Gasteiger partial charge is 0.146 e. The van der Waals surface area contributed by atoms with Crippen LogP contribution in [0.15, 0.2) is 84.2 Å². The molecule has 150 valence electrons. The summed E-state index contributed by atoms with van der Waals surface area (Å²) in [4.78, 5) is 4.21. The van der Waals surface area contributed by atoms with Gasteiger partial charge in [0.25, 0.3) is 0 Å². The van der Waals surface area contributed by atoms with Gasteiger partial charge in [0.15, 0.2) is 0 Å². The summed E-state index contributed by atoms with van der Waals surface area (Å²) in [6, 6.07) is 21.1. The van der Waals surface area contributed by atoms with Crippen molar-refractivity contribution in [3.8, 4) is 28.4 Å². The molecule has 7 heteroatoms. The second-order valence-electron chi connectivity index (χ2n) is 6.36. The quantitative estimate of drug-likeness (QED) is 0.368. The van der Waals surface area contributed by atoms with Crippen molar-refractivity contribution in [2.45, 2.75) is 0 Å². The lowest BCUT2D eigenvalue weighted by Crippen LogP contribution is -1.96. The topological polar surface area (TPSA) is 73.6 Å². The SMILES string of the molecule is COc1ccc(OC)c(-c2nn(-c3ccccc3)cc2/C=N\Nc2ccccn2)c1. The highest BCUT2D eigenvalue weighted by atomic mass is 16.5. The summed E-state index contributed by atoms with van der Waals surface area (Å²) >= 11 is 0. The Morgan fingerprint density at radius 2 is 1.80 bits per heavy atom. The number of hydrogen-bond acceptors (Lipinski definition) is 6. The van der Waals surface area contributed by atoms with Gasteiger partial charge < -0.3 is 9.47 Å². The van der Waals surface area contributed by atoms with Crippen LogP contribution < -0.4 is 14.9 Å². The van der Waals surface area contributed by atoms with Crippen LogP contribution in [0.3, 0.4) is 0 Å². The number of nitrogens with one attached hydrogen (secondary N) is 1. The molecule has 2 aromatic heterocycles. The highest BCUT2D eigenvalue weighted by Gasteiger charge is 2.16. The first kappa shape index (κ1) is 19.2. The standard InChI is InChI=1S/C23H21N5O2/c1-29-19-11-12-21(30-2)20(14-19)23-17(15-25-26-22-10-6-7-13-24-22)16-28(27-23)18-8-4-3-5-9-18/h3-16H,1-2H3,(H,24,26)/b25-15-. The molecule has 2 heterocycles. The number of benzene rings is 2. The zero-order chi connectivity index (χ0) is 20.8. The highest BCUT2D eigenvalue weighted by molar-refractivity contribution is 5.90. The number of ether oxygens (including phenoxy) is 2. The molecular formula is C23H21N5O2. The zero-order valence-electron chi connectivity index (χ0n) is 16.7. The minimum absolute atomic E-state index is 0.657. The Bertz CT molecular complexity index is 1140. The average molecular weight is 399 g/mol. The third-order valence-corrected chi connectivity index (χ3v) is 4.47. The molecule has 0 aliphatic carbocycles. The van der Waals surface area contributed by atoms with Gasteiger partial charge in [-0.25, -0.2) is 9.67 Å². The van der Waals surface area contributed by atoms with Crippen LogP contribution in [0.1, 0.15) is 5.56 Å². The van der Waals surface area contributed by atoms with Crippen molar-refractivity contribution in [3.63, 3.8) is 0 Å². The van der Waals surface area contributed by atoms with Gasteiger partial charge in [0, 0.05) is 23.5 Å². The molecule has 0 aliphatic rings. The van der Waals surface area contributed by atoms with Crippen LogP contribution in [0.4, 0.5) is 5.82 Å². The molecule has 2 aromatic carbocycles. The van der Waals surface area contributed by atoms with Gasteiger partial charge in [0.2, 0.25) is 0 Å². The minimum Gasteiger partial charge on any atom is -0.497 e. The van der Waals surface area contributed by atoms with E-state index in [9.17, 15) is 0 Å². The third kappa shape index (κ3) is 4.15. The molecule has 0 amide bonds. The lowest BCUT2D eigenvalue weighted by atomic mass is 10.1. The fourth-order valence-corrected chi connectivity index (χ4v) is 3.00. The van der Waals surface area contributed by atoms with E-state index in [0.29, 0.717) is 11.6 Å². The first-order valence-electron chi connectivity index (χ1n) is 9.36. The molecule has 4 aromatic rings. The van der Waals surface area contributed by atoms with Crippen LogP contribution in [0, 0.1) is 0 Å². The molecule has 7 nitrogen and oxygen atoms in total. The predicted molar refractivity (Wildman–Crippen MR) is 118 cm³/mol. The van der Waals surface area contributed by atoms with E-state index in [4.69, 9.17) is 14.6 Å². The summed E-state index contributed by atoms with van der Waals surface area (Å²) in [5.74, 6) is 2.07. The Balaban J connectivity index is 1.77. The summed E-state index contributed by atoms with van der Waals surface area (Å²) in [6.45, 7) is 0. The number of hydrogen-bond donors (Lipinski definition) is 1. The second-order valence-corrected chi connectivity index (χ2v) is 6.36. The summed E-state index contributed by atoms with van der Waals surface area (Å²) in [7, 11) is 3.27. The first-order chi connectivity index (χ1) is 14.8. The maximum atomic E-state index is 5.57. The van der Waals surface area contributed by atoms with Crippen molar-refractivity contribution < 1.29 is 9.47 Å². The summed E-state index contributed by atoms with van der Waals surface area (Å²) in [6.07, 6.45) is 5.35. The van der Waals surface area contributed by atoms with Gasteiger partial charge in [-0.05, 0) is 42.5 Å². The van der Waals surface area contributed by atoms with E-state index in [1.54, 1.807) is 26.6 Å². The maximum absolute atomic E-state index is 5.57. The van der Waals surface area contributed by atoms with Crippen molar-refractivity contribution in [3.05, 3.63) is 84.7 Å². The molecule has 0 spiro atoms. The van der Waals surface area contributed by atoms with Crippen LogP contribution in [-0.2, 0) is 0 Å². The lowest BCUT2D eigenvalue weighted by molar-refractivity contribution is 0.404. The molecule has 0 unspecified atom stereocenters. The first-order valence-corrected chi connectivity index (χ1v) is 9.36. The van der Waals surface area contributed by atoms with Crippen molar-refractivity contribution in [2.75, 3.05) is 19.6 Å². The van der Waals surface area contributed by atoms with E-state index in [1.165, 1.54) is 0 Å². The second kappa shape index (κ2) is 8.91. The number of methoxy groups -OCH3 is 2. The molecule has 0 saturated heterocycles. The Kier molecular flexibility index (Phi) is 5.70. The summed E-state index contributed by atoms with van der Waals surface area (Å²) < 4.78 is 12.8. The number of anilines is 1. The molecule has 0 bridgehead atoms. The lowest BCUT2D eigenvalue weighted by Gasteiger charge is -2.09. The van der Waals surface area contributed by atoms with Gasteiger partial charge in [-0.1, -0.05) is 24.3 Å². The van der Waals surface area contributed by atoms with E-state index in [2.05, 4.69) is 15.5 Å². The maximum Gasteiger partial charge on any atom is 0.146 e. The Morgan fingerprint density at radius 3 is 2.53 bits per heavy atom. The molecule has 1 N–H and O–H groups in total. The molecule has 0 radical (unpaired) electrons. The van der Waals surface area contributed by atoms with Crippen LogP contribution in [-0.4, -0.2) is 35.2 Å². The van der Waals surface area contributed by atoms with Gasteiger partial charge in [0.1, 0.15) is 23.0 Å². The fraction of sp³-hybridized carbons (Fsp3) is 0.0870. The van der Waals surface area contributed by atoms with Gasteiger partial charge >= 0.3 is 0 Å². The van der Waals surface area contributed by atoms with Gasteiger partial charge in [-0.2, -0.15) is 10.2 Å². The molecular weight excluding hydrogens is 378 g/mol. The number of nitrogens with zero attached hydrogens (tertiary/aromatic N) is 4. The van der Waals surface area contributed by atoms with Crippen LogP contribution in [0.2, 0.25) is 0 Å². The summed E-state index contributed by atoms with van der Waals surface area (Å²) in [5, 5.41) is 9.15. The van der Waals surface area contributed by atoms with Crippen LogP contribution >= 0.6 is 0 Å². The van der Waals surface area contributed by atoms with Crippen molar-refractivity contribution in [2.24, 2.45) is 5.10 Å². The van der Waals surface area contributed by atoms with Crippen LogP contribution in [0.5, 0.6) is 11.5 Å². The molecule has 0 aliphatic heterocycles. The highest BCUT2D eigenvalue weighted by Crippen LogP contribution is 2.34. The Morgan fingerprint density at radius 1 is 0.967 bits per heavy atom. The average Bonchev–Trinajstić information content (AvgIpc) is 3.24. The number of pyridine rings is 1. The number of aromatic nitrogens is 3. The van der Waals surface area contributed by atoms with Crippen molar-refractivity contribution >= 4 is 12.0 Å². The Hall–Kier alpha value is -4.13. The number of hydrazone groups is 1. The monoisotopic (exact) mass is 399 g/mol. The Labute approximate surface area is 174 Å². The largest absolute Gasteiger partial charge is 0.497 e. The van der Waals surface area contributed by atoms with Gasteiger partial charge in [0.05, 0.1) is 26.1 Å². The number of rotatable bonds is 7. The van der Waals surface area contributed by atoms with E-state index >= 15 is 0 Å². The van der Waals surface area contributed by atoms with Gasteiger partial charge in [-0.15, -0.1) is 0 Å². The van der Waals surface area contributed by atoms with Crippen molar-refractivity contribution in [1.82, 2.24) is 14.8 Å². The van der Waals surface area contributed by atoms with E-state index in [-0.39, 0.29) is 0 Å². The normalized spacial score (nSPS) is 10.9. The predicted octanol–water partition coefficient (Wildman–Crippen LogP) is 4.40. The molecule has 0 saturated carbocycles. The molecule has 0 fully saturated rings. The van der Waals surface area contributed by atoms with E-state index in [1.807, 2.05) is 77.6 Å². The van der Waals surface area contributed by atoms with E-state index in [0.717, 1.165) is 28.3 Å². The minimum atomic E-state index is 0.657. The van der Waals surface area contributed by atoms with Crippen LogP contribution in [0.25, 0.3) is 16.9 Å². The third-order valence-electron chi connectivity index (χ3n) is 4.47. The number of para-hydroxylation sites is 1. The molecule has 4 rings (SSSR count). The van der Waals surface area contributed by atoms with Crippen molar-refractivity contribution in [1.29, 1.82) is 0 Å². The zero-order valence-corrected chi connectivity index (χ0v) is 16.7. The molecule has 30 heavy (non-hydrogen) atoms. The fourth-order valence-electron chi connectivity index (χ4n) is 3.00. The molecule has 0 atom stereocenters. The summed E-state index contributed by atoms with van der Waals surface area (Å²) in [5.41, 5.74) is 6.23.